The third-order valence-electron chi connectivity index (χ3n) is 6.45. The SMILES string of the molecule is CCCCc1ccc2c(c1)c1ccc3cccc4c3n1[n+]2C(CC)(CC)N4. The standard InChI is InChI=1S/C24H28N3/c1-4-7-9-17-12-14-22-19(16-17)21-15-13-18-10-8-11-20-23(18)26(21)27(22)24(5-2,6-3)25-20/h8,10-16,25H,4-7,9H2,1-3H3/q+1. The largest absolute Gasteiger partial charge is 0.321 e. The molecule has 2 aromatic carbocycles. The lowest BCUT2D eigenvalue weighted by molar-refractivity contribution is -0.794. The Balaban J connectivity index is 1.94. The van der Waals surface area contributed by atoms with E-state index in [1.165, 1.54) is 51.4 Å². The van der Waals surface area contributed by atoms with E-state index < -0.39 is 0 Å². The Kier molecular flexibility index (Phi) is 3.68. The van der Waals surface area contributed by atoms with Crippen molar-refractivity contribution in [2.75, 3.05) is 5.32 Å². The topological polar surface area (TPSA) is 20.3 Å². The van der Waals surface area contributed by atoms with Crippen LogP contribution in [-0.2, 0) is 12.1 Å². The fourth-order valence-corrected chi connectivity index (χ4v) is 4.87. The lowest BCUT2D eigenvalue weighted by Crippen LogP contribution is -2.65. The van der Waals surface area contributed by atoms with Gasteiger partial charge < -0.3 is 5.32 Å². The molecule has 0 amide bonds. The summed E-state index contributed by atoms with van der Waals surface area (Å²) in [5.41, 5.74) is 6.53. The molecule has 1 aliphatic heterocycles. The highest BCUT2D eigenvalue weighted by Crippen LogP contribution is 2.36. The second kappa shape index (κ2) is 5.98. The molecule has 0 fully saturated rings. The molecule has 1 N–H and O–H groups in total. The van der Waals surface area contributed by atoms with E-state index in [0.717, 1.165) is 19.3 Å². The van der Waals surface area contributed by atoms with Crippen LogP contribution in [0.25, 0.3) is 27.3 Å². The van der Waals surface area contributed by atoms with Gasteiger partial charge in [0.25, 0.3) is 5.66 Å². The Morgan fingerprint density at radius 2 is 1.85 bits per heavy atom. The second-order valence-corrected chi connectivity index (χ2v) is 7.90. The number of fused-ring (bicyclic) bond motifs is 3. The van der Waals surface area contributed by atoms with Gasteiger partial charge in [0.1, 0.15) is 11.0 Å². The molecule has 0 unspecified atom stereocenters. The summed E-state index contributed by atoms with van der Waals surface area (Å²) in [6, 6.07) is 18.3. The number of nitrogens with zero attached hydrogens (tertiary/aromatic N) is 2. The maximum atomic E-state index is 3.90. The molecule has 4 aromatic rings. The molecule has 3 heterocycles. The zero-order valence-corrected chi connectivity index (χ0v) is 16.5. The number of benzene rings is 2. The molecule has 0 spiro atoms. The van der Waals surface area contributed by atoms with Crippen molar-refractivity contribution in [3.05, 3.63) is 54.1 Å². The Morgan fingerprint density at radius 3 is 2.63 bits per heavy atom. The van der Waals surface area contributed by atoms with E-state index in [2.05, 4.69) is 83.8 Å². The van der Waals surface area contributed by atoms with Crippen LogP contribution in [0.15, 0.2) is 48.5 Å². The van der Waals surface area contributed by atoms with Gasteiger partial charge in [-0.05, 0) is 36.6 Å². The van der Waals surface area contributed by atoms with Crippen molar-refractivity contribution in [3.8, 4) is 0 Å². The van der Waals surface area contributed by atoms with E-state index in [9.17, 15) is 0 Å². The lowest BCUT2D eigenvalue weighted by Gasteiger charge is -2.31. The van der Waals surface area contributed by atoms with Gasteiger partial charge in [0, 0.05) is 24.3 Å². The zero-order valence-electron chi connectivity index (χ0n) is 16.5. The summed E-state index contributed by atoms with van der Waals surface area (Å²) in [5.74, 6) is 0. The van der Waals surface area contributed by atoms with Crippen molar-refractivity contribution >= 4 is 33.0 Å². The number of aryl methyl sites for hydroxylation is 1. The van der Waals surface area contributed by atoms with Crippen LogP contribution in [-0.4, -0.2) is 4.52 Å². The van der Waals surface area contributed by atoms with Crippen molar-refractivity contribution in [2.24, 2.45) is 0 Å². The maximum Gasteiger partial charge on any atom is 0.265 e. The summed E-state index contributed by atoms with van der Waals surface area (Å²) < 4.78 is 5.00. The number of anilines is 1. The van der Waals surface area contributed by atoms with Gasteiger partial charge in [-0.1, -0.05) is 56.1 Å². The molecule has 1 aliphatic rings. The summed E-state index contributed by atoms with van der Waals surface area (Å²) >= 11 is 0. The Morgan fingerprint density at radius 1 is 1.00 bits per heavy atom. The van der Waals surface area contributed by atoms with Crippen LogP contribution >= 0.6 is 0 Å². The van der Waals surface area contributed by atoms with E-state index in [1.807, 2.05) is 0 Å². The molecule has 0 saturated carbocycles. The summed E-state index contributed by atoms with van der Waals surface area (Å²) in [4.78, 5) is 0. The van der Waals surface area contributed by atoms with Gasteiger partial charge in [-0.25, -0.2) is 0 Å². The predicted molar refractivity (Wildman–Crippen MR) is 113 cm³/mol. The van der Waals surface area contributed by atoms with Crippen LogP contribution in [0.4, 0.5) is 5.69 Å². The molecule has 5 rings (SSSR count). The molecule has 138 valence electrons. The van der Waals surface area contributed by atoms with Crippen molar-refractivity contribution in [2.45, 2.75) is 58.5 Å². The Labute approximate surface area is 160 Å². The van der Waals surface area contributed by atoms with Crippen LogP contribution in [0.5, 0.6) is 0 Å². The summed E-state index contributed by atoms with van der Waals surface area (Å²) in [7, 11) is 0. The minimum Gasteiger partial charge on any atom is -0.321 e. The zero-order chi connectivity index (χ0) is 18.6. The van der Waals surface area contributed by atoms with Crippen molar-refractivity contribution in [1.29, 1.82) is 0 Å². The number of aromatic nitrogens is 2. The summed E-state index contributed by atoms with van der Waals surface area (Å²) in [6.07, 6.45) is 5.73. The van der Waals surface area contributed by atoms with Gasteiger partial charge in [0.05, 0.1) is 11.1 Å². The molecule has 0 saturated heterocycles. The Bertz CT molecular complexity index is 1160. The molecule has 0 atom stereocenters. The van der Waals surface area contributed by atoms with Gasteiger partial charge in [-0.2, -0.15) is 0 Å². The molecule has 27 heavy (non-hydrogen) atoms. The van der Waals surface area contributed by atoms with Gasteiger partial charge in [-0.3, -0.25) is 0 Å². The minimum atomic E-state index is -0.0990. The fourth-order valence-electron chi connectivity index (χ4n) is 4.87. The van der Waals surface area contributed by atoms with Gasteiger partial charge in [0.2, 0.25) is 5.52 Å². The summed E-state index contributed by atoms with van der Waals surface area (Å²) in [6.45, 7) is 6.84. The first-order chi connectivity index (χ1) is 13.2. The molecule has 0 radical (unpaired) electrons. The number of hydrogen-bond acceptors (Lipinski definition) is 1. The normalized spacial score (nSPS) is 15.1. The smallest absolute Gasteiger partial charge is 0.265 e. The monoisotopic (exact) mass is 358 g/mol. The van der Waals surface area contributed by atoms with Crippen molar-refractivity contribution in [1.82, 2.24) is 4.52 Å². The van der Waals surface area contributed by atoms with Crippen LogP contribution in [0, 0.1) is 0 Å². The number of pyridine rings is 1. The minimum absolute atomic E-state index is 0.0990. The summed E-state index contributed by atoms with van der Waals surface area (Å²) in [5, 5.41) is 6.56. The van der Waals surface area contributed by atoms with E-state index in [1.54, 1.807) is 0 Å². The highest BCUT2D eigenvalue weighted by molar-refractivity contribution is 6.00. The third kappa shape index (κ3) is 2.17. The molecular formula is C24H28N3+. The fraction of sp³-hybridized carbons (Fsp3) is 0.375. The first-order valence-electron chi connectivity index (χ1n) is 10.4. The van der Waals surface area contributed by atoms with Crippen LogP contribution < -0.4 is 10.00 Å². The number of rotatable bonds is 5. The van der Waals surface area contributed by atoms with Crippen LogP contribution in [0.2, 0.25) is 0 Å². The van der Waals surface area contributed by atoms with Gasteiger partial charge >= 0.3 is 0 Å². The van der Waals surface area contributed by atoms with E-state index in [4.69, 9.17) is 0 Å². The highest BCUT2D eigenvalue weighted by Gasteiger charge is 2.45. The van der Waals surface area contributed by atoms with Crippen LogP contribution in [0.1, 0.15) is 52.0 Å². The molecule has 3 nitrogen and oxygen atoms in total. The molecule has 0 bridgehead atoms. The maximum absolute atomic E-state index is 3.90. The van der Waals surface area contributed by atoms with Gasteiger partial charge in [0.15, 0.2) is 0 Å². The second-order valence-electron chi connectivity index (χ2n) is 7.90. The Hall–Kier alpha value is -2.55. The van der Waals surface area contributed by atoms with E-state index >= 15 is 0 Å². The molecule has 0 aliphatic carbocycles. The van der Waals surface area contributed by atoms with Crippen molar-refractivity contribution in [3.63, 3.8) is 0 Å². The molecular weight excluding hydrogens is 330 g/mol. The average molecular weight is 359 g/mol. The first-order valence-corrected chi connectivity index (χ1v) is 10.4. The van der Waals surface area contributed by atoms with Crippen LogP contribution in [0.3, 0.4) is 0 Å². The first kappa shape index (κ1) is 16.6. The van der Waals surface area contributed by atoms with E-state index in [-0.39, 0.29) is 5.66 Å². The molecule has 3 heteroatoms. The molecule has 2 aromatic heterocycles. The third-order valence-corrected chi connectivity index (χ3v) is 6.45. The predicted octanol–water partition coefficient (Wildman–Crippen LogP) is 5.77. The van der Waals surface area contributed by atoms with Crippen molar-refractivity contribution < 1.29 is 4.68 Å². The average Bonchev–Trinajstić information content (AvgIpc) is 3.06. The van der Waals surface area contributed by atoms with E-state index in [0.29, 0.717) is 0 Å². The number of hydrogen-bond donors (Lipinski definition) is 1. The lowest BCUT2D eigenvalue weighted by atomic mass is 10.0. The number of unbranched alkanes of at least 4 members (excludes halogenated alkanes) is 1. The van der Waals surface area contributed by atoms with Gasteiger partial charge in [-0.15, -0.1) is 4.52 Å². The highest BCUT2D eigenvalue weighted by atomic mass is 15.5. The quantitative estimate of drug-likeness (QED) is 0.449. The number of para-hydroxylation sites is 1. The number of nitrogens with one attached hydrogen (secondary N) is 1.